The third kappa shape index (κ3) is 6.08. The molecule has 1 saturated heterocycles. The van der Waals surface area contributed by atoms with Gasteiger partial charge in [0.25, 0.3) is 0 Å². The Morgan fingerprint density at radius 3 is 2.32 bits per heavy atom. The van der Waals surface area contributed by atoms with E-state index in [-0.39, 0.29) is 28.4 Å². The van der Waals surface area contributed by atoms with E-state index >= 15 is 0 Å². The molecule has 0 bridgehead atoms. The molecule has 7 heteroatoms. The van der Waals surface area contributed by atoms with Gasteiger partial charge >= 0.3 is 0 Å². The van der Waals surface area contributed by atoms with Crippen LogP contribution in [0.2, 0.25) is 0 Å². The van der Waals surface area contributed by atoms with Gasteiger partial charge < -0.3 is 14.8 Å². The molecule has 1 amide bonds. The van der Waals surface area contributed by atoms with Gasteiger partial charge in [-0.05, 0) is 56.5 Å². The first-order valence-electron chi connectivity index (χ1n) is 10.7. The first-order valence-corrected chi connectivity index (χ1v) is 12.4. The number of hydrogen-bond acceptors (Lipinski definition) is 5. The molecule has 31 heavy (non-hydrogen) atoms. The van der Waals surface area contributed by atoms with E-state index in [2.05, 4.69) is 5.32 Å². The Balaban J connectivity index is 1.62. The summed E-state index contributed by atoms with van der Waals surface area (Å²) in [6, 6.07) is 14.7. The van der Waals surface area contributed by atoms with Gasteiger partial charge in [0.2, 0.25) is 5.91 Å². The summed E-state index contributed by atoms with van der Waals surface area (Å²) >= 11 is 0. The first kappa shape index (κ1) is 23.3. The highest BCUT2D eigenvalue weighted by atomic mass is 32.2. The molecule has 1 aliphatic heterocycles. The molecule has 2 aromatic rings. The number of hydrogen-bond donors (Lipinski definition) is 1. The summed E-state index contributed by atoms with van der Waals surface area (Å²) in [7, 11) is -3.49. The van der Waals surface area contributed by atoms with E-state index in [0.29, 0.717) is 26.4 Å². The van der Waals surface area contributed by atoms with E-state index in [1.54, 1.807) is 24.3 Å². The van der Waals surface area contributed by atoms with Crippen LogP contribution in [0.25, 0.3) is 0 Å². The molecule has 1 aliphatic rings. The van der Waals surface area contributed by atoms with Gasteiger partial charge in [0.1, 0.15) is 5.75 Å². The van der Waals surface area contributed by atoms with Crippen molar-refractivity contribution in [3.8, 4) is 5.75 Å². The van der Waals surface area contributed by atoms with E-state index in [1.807, 2.05) is 38.1 Å². The van der Waals surface area contributed by atoms with Crippen molar-refractivity contribution in [2.24, 2.45) is 0 Å². The summed E-state index contributed by atoms with van der Waals surface area (Å²) in [4.78, 5) is 12.8. The first-order chi connectivity index (χ1) is 14.8. The minimum absolute atomic E-state index is 0.0634. The van der Waals surface area contributed by atoms with E-state index in [9.17, 15) is 13.2 Å². The van der Waals surface area contributed by atoms with Gasteiger partial charge in [-0.2, -0.15) is 0 Å². The smallest absolute Gasteiger partial charge is 0.221 e. The molecule has 1 fully saturated rings. The summed E-state index contributed by atoms with van der Waals surface area (Å²) in [6.07, 6.45) is 1.53. The predicted molar refractivity (Wildman–Crippen MR) is 120 cm³/mol. The molecule has 0 radical (unpaired) electrons. The minimum Gasteiger partial charge on any atom is -0.494 e. The number of nitrogens with one attached hydrogen (secondary N) is 1. The molecular formula is C24H31NO5S. The average Bonchev–Trinajstić information content (AvgIpc) is 2.78. The summed E-state index contributed by atoms with van der Waals surface area (Å²) < 4.78 is 36.1. The van der Waals surface area contributed by atoms with Crippen LogP contribution in [0.5, 0.6) is 5.75 Å². The number of sulfone groups is 1. The predicted octanol–water partition coefficient (Wildman–Crippen LogP) is 3.42. The monoisotopic (exact) mass is 445 g/mol. The maximum absolute atomic E-state index is 12.5. The molecule has 0 atom stereocenters. The van der Waals surface area contributed by atoms with Crippen LogP contribution in [0.3, 0.4) is 0 Å². The van der Waals surface area contributed by atoms with Gasteiger partial charge in [-0.15, -0.1) is 0 Å². The van der Waals surface area contributed by atoms with Gasteiger partial charge in [0.05, 0.1) is 17.3 Å². The van der Waals surface area contributed by atoms with Gasteiger partial charge in [-0.1, -0.05) is 29.8 Å². The molecule has 3 rings (SSSR count). The zero-order chi connectivity index (χ0) is 22.3. The Morgan fingerprint density at radius 1 is 1.06 bits per heavy atom. The normalized spacial score (nSPS) is 15.9. The Bertz CT molecular complexity index is 962. The fourth-order valence-corrected chi connectivity index (χ4v) is 5.09. The highest BCUT2D eigenvalue weighted by molar-refractivity contribution is 7.91. The van der Waals surface area contributed by atoms with Crippen molar-refractivity contribution in [1.29, 1.82) is 0 Å². The summed E-state index contributed by atoms with van der Waals surface area (Å²) in [5.41, 5.74) is 1.90. The zero-order valence-electron chi connectivity index (χ0n) is 18.2. The van der Waals surface area contributed by atoms with E-state index in [1.165, 1.54) is 0 Å². The minimum atomic E-state index is -3.49. The van der Waals surface area contributed by atoms with Crippen LogP contribution < -0.4 is 10.1 Å². The van der Waals surface area contributed by atoms with Crippen LogP contribution in [0.4, 0.5) is 0 Å². The highest BCUT2D eigenvalue weighted by Gasteiger charge is 2.35. The number of amides is 1. The quantitative estimate of drug-likeness (QED) is 0.640. The summed E-state index contributed by atoms with van der Waals surface area (Å²) in [5, 5.41) is 2.97. The van der Waals surface area contributed by atoms with Gasteiger partial charge in [0.15, 0.2) is 9.84 Å². The van der Waals surface area contributed by atoms with Crippen LogP contribution in [0.15, 0.2) is 53.4 Å². The number of rotatable bonds is 9. The standard InChI is InChI=1S/C24H31NO5S/c1-3-30-21-8-6-20(7-9-21)24(13-15-29-16-14-24)18-25-23(26)12-17-31(27,28)22-10-4-19(2)5-11-22/h4-11H,3,12-18H2,1-2H3,(H,25,26). The second kappa shape index (κ2) is 10.3. The number of aryl methyl sites for hydroxylation is 1. The van der Waals surface area contributed by atoms with Crippen molar-refractivity contribution >= 4 is 15.7 Å². The molecule has 2 aromatic carbocycles. The molecule has 0 unspecified atom stereocenters. The third-order valence-corrected chi connectivity index (χ3v) is 7.56. The molecule has 0 aromatic heterocycles. The highest BCUT2D eigenvalue weighted by Crippen LogP contribution is 2.35. The van der Waals surface area contributed by atoms with Gasteiger partial charge in [0, 0.05) is 31.6 Å². The fourth-order valence-electron chi connectivity index (χ4n) is 3.85. The van der Waals surface area contributed by atoms with Gasteiger partial charge in [-0.3, -0.25) is 4.79 Å². The van der Waals surface area contributed by atoms with Gasteiger partial charge in [-0.25, -0.2) is 8.42 Å². The molecular weight excluding hydrogens is 414 g/mol. The number of carbonyl (C=O) groups excluding carboxylic acids is 1. The molecule has 0 aliphatic carbocycles. The van der Waals surface area contributed by atoms with Crippen LogP contribution in [-0.2, 0) is 24.8 Å². The van der Waals surface area contributed by atoms with Crippen LogP contribution in [0, 0.1) is 6.92 Å². The van der Waals surface area contributed by atoms with Crippen LogP contribution >= 0.6 is 0 Å². The lowest BCUT2D eigenvalue weighted by atomic mass is 9.74. The van der Waals surface area contributed by atoms with Crippen molar-refractivity contribution in [1.82, 2.24) is 5.32 Å². The molecule has 0 spiro atoms. The number of ether oxygens (including phenoxy) is 2. The second-order valence-corrected chi connectivity index (χ2v) is 10.1. The maximum Gasteiger partial charge on any atom is 0.221 e. The van der Waals surface area contributed by atoms with Crippen molar-refractivity contribution in [3.63, 3.8) is 0 Å². The third-order valence-electron chi connectivity index (χ3n) is 5.83. The Morgan fingerprint density at radius 2 is 1.71 bits per heavy atom. The topological polar surface area (TPSA) is 81.7 Å². The van der Waals surface area contributed by atoms with Crippen molar-refractivity contribution in [2.75, 3.05) is 32.1 Å². The molecule has 168 valence electrons. The Hall–Kier alpha value is -2.38. The van der Waals surface area contributed by atoms with E-state index in [4.69, 9.17) is 9.47 Å². The molecule has 1 heterocycles. The van der Waals surface area contributed by atoms with Crippen molar-refractivity contribution < 1.29 is 22.7 Å². The zero-order valence-corrected chi connectivity index (χ0v) is 19.0. The molecule has 0 saturated carbocycles. The molecule has 6 nitrogen and oxygen atoms in total. The lowest BCUT2D eigenvalue weighted by molar-refractivity contribution is -0.121. The van der Waals surface area contributed by atoms with Crippen molar-refractivity contribution in [3.05, 3.63) is 59.7 Å². The lowest BCUT2D eigenvalue weighted by Crippen LogP contribution is -2.44. The number of benzene rings is 2. The molecule has 1 N–H and O–H groups in total. The van der Waals surface area contributed by atoms with Crippen LogP contribution in [0.1, 0.15) is 37.3 Å². The van der Waals surface area contributed by atoms with E-state index < -0.39 is 9.84 Å². The number of carbonyl (C=O) groups is 1. The largest absolute Gasteiger partial charge is 0.494 e. The SMILES string of the molecule is CCOc1ccc(C2(CNC(=O)CCS(=O)(=O)c3ccc(C)cc3)CCOCC2)cc1. The Kier molecular flexibility index (Phi) is 7.73. The average molecular weight is 446 g/mol. The van der Waals surface area contributed by atoms with Crippen molar-refractivity contribution in [2.45, 2.75) is 43.4 Å². The van der Waals surface area contributed by atoms with Crippen LogP contribution in [-0.4, -0.2) is 46.4 Å². The maximum atomic E-state index is 12.5. The second-order valence-electron chi connectivity index (χ2n) is 8.01. The lowest BCUT2D eigenvalue weighted by Gasteiger charge is -2.38. The summed E-state index contributed by atoms with van der Waals surface area (Å²) in [5.74, 6) is 0.354. The summed E-state index contributed by atoms with van der Waals surface area (Å²) in [6.45, 7) is 6.17. The Labute approximate surface area is 184 Å². The van der Waals surface area contributed by atoms with E-state index in [0.717, 1.165) is 29.7 Å². The fraction of sp³-hybridized carbons (Fsp3) is 0.458.